The smallest absolute Gasteiger partial charge is 0.284 e. The van der Waals surface area contributed by atoms with Gasteiger partial charge in [0.25, 0.3) is 15.9 Å². The molecule has 0 atom stereocenters. The number of nitrogens with zero attached hydrogens (tertiary/aromatic N) is 2. The number of hydrogen-bond donors (Lipinski definition) is 0. The van der Waals surface area contributed by atoms with Gasteiger partial charge in [-0.3, -0.25) is 9.69 Å². The Morgan fingerprint density at radius 1 is 1.03 bits per heavy atom. The Labute approximate surface area is 241 Å². The van der Waals surface area contributed by atoms with E-state index in [-0.39, 0.29) is 22.5 Å². The first-order chi connectivity index (χ1) is 18.8. The van der Waals surface area contributed by atoms with Crippen LogP contribution in [0.25, 0.3) is 6.08 Å². The van der Waals surface area contributed by atoms with E-state index >= 15 is 0 Å². The summed E-state index contributed by atoms with van der Waals surface area (Å²) in [6, 6.07) is 11.1. The van der Waals surface area contributed by atoms with E-state index in [0.29, 0.717) is 33.6 Å². The van der Waals surface area contributed by atoms with E-state index in [2.05, 4.69) is 17.9 Å². The van der Waals surface area contributed by atoms with Gasteiger partial charge in [-0.1, -0.05) is 69.2 Å². The molecule has 0 N–H and O–H groups in total. The molecule has 210 valence electrons. The second kappa shape index (κ2) is 15.1. The van der Waals surface area contributed by atoms with Gasteiger partial charge in [-0.15, -0.1) is 11.0 Å². The Bertz CT molecular complexity index is 1310. The van der Waals surface area contributed by atoms with Gasteiger partial charge in [-0.25, -0.2) is 0 Å². The molecule has 1 aliphatic rings. The molecule has 1 heterocycles. The summed E-state index contributed by atoms with van der Waals surface area (Å²) in [6.45, 7) is 6.62. The van der Waals surface area contributed by atoms with Crippen molar-refractivity contribution in [2.75, 3.05) is 20.3 Å². The lowest BCUT2D eigenvalue weighted by molar-refractivity contribution is -0.121. The van der Waals surface area contributed by atoms with Crippen LogP contribution in [0.1, 0.15) is 57.4 Å². The summed E-state index contributed by atoms with van der Waals surface area (Å²) in [4.78, 5) is 14.7. The molecule has 7 nitrogen and oxygen atoms in total. The SMILES string of the molecule is C=CCN1C(=O)C(=Cc2ccc(OCCCCCCCCC)c(OC)c2)SC1=NS(=O)(=O)c1ccc(Cl)cc1. The average Bonchev–Trinajstić information content (AvgIpc) is 3.19. The fourth-order valence-electron chi connectivity index (χ4n) is 3.91. The first kappa shape index (κ1) is 30.8. The number of benzene rings is 2. The first-order valence-electron chi connectivity index (χ1n) is 13.0. The molecule has 0 aromatic heterocycles. The lowest BCUT2D eigenvalue weighted by Crippen LogP contribution is -2.29. The molecule has 1 saturated heterocycles. The summed E-state index contributed by atoms with van der Waals surface area (Å²) < 4.78 is 41.2. The highest BCUT2D eigenvalue weighted by Crippen LogP contribution is 2.35. The lowest BCUT2D eigenvalue weighted by atomic mass is 10.1. The average molecular weight is 591 g/mol. The zero-order valence-electron chi connectivity index (χ0n) is 22.4. The predicted molar refractivity (Wildman–Crippen MR) is 160 cm³/mol. The highest BCUT2D eigenvalue weighted by Gasteiger charge is 2.34. The first-order valence-corrected chi connectivity index (χ1v) is 15.7. The largest absolute Gasteiger partial charge is 0.493 e. The molecule has 10 heteroatoms. The molecule has 0 spiro atoms. The van der Waals surface area contributed by atoms with Gasteiger partial charge in [-0.05, 0) is 66.2 Å². The van der Waals surface area contributed by atoms with E-state index in [0.717, 1.165) is 24.6 Å². The molecule has 2 aromatic carbocycles. The molecule has 3 rings (SSSR count). The van der Waals surface area contributed by atoms with Crippen molar-refractivity contribution in [3.8, 4) is 11.5 Å². The number of sulfonamides is 1. The summed E-state index contributed by atoms with van der Waals surface area (Å²) >= 11 is 6.87. The van der Waals surface area contributed by atoms with Gasteiger partial charge < -0.3 is 9.47 Å². The molecule has 1 amide bonds. The quantitative estimate of drug-likeness (QED) is 0.123. The van der Waals surface area contributed by atoms with Crippen molar-refractivity contribution in [1.29, 1.82) is 0 Å². The van der Waals surface area contributed by atoms with E-state index in [1.54, 1.807) is 19.3 Å². The summed E-state index contributed by atoms with van der Waals surface area (Å²) in [5.74, 6) is 0.841. The Kier molecular flexibility index (Phi) is 12.0. The number of ether oxygens (including phenoxy) is 2. The zero-order chi connectivity index (χ0) is 28.3. The van der Waals surface area contributed by atoms with Gasteiger partial charge in [0.15, 0.2) is 16.7 Å². The van der Waals surface area contributed by atoms with Crippen LogP contribution in [0.4, 0.5) is 0 Å². The number of thioether (sulfide) groups is 1. The Morgan fingerprint density at radius 3 is 2.38 bits per heavy atom. The summed E-state index contributed by atoms with van der Waals surface area (Å²) in [5.41, 5.74) is 0.714. The van der Waals surface area contributed by atoms with E-state index in [1.807, 2.05) is 12.1 Å². The van der Waals surface area contributed by atoms with E-state index in [9.17, 15) is 13.2 Å². The summed E-state index contributed by atoms with van der Waals surface area (Å²) in [6.07, 6.45) is 11.6. The van der Waals surface area contributed by atoms with Crippen LogP contribution >= 0.6 is 23.4 Å². The third-order valence-corrected chi connectivity index (χ3v) is 8.66. The van der Waals surface area contributed by atoms with Gasteiger partial charge in [0, 0.05) is 11.6 Å². The second-order valence-electron chi connectivity index (χ2n) is 9.00. The number of rotatable bonds is 15. The van der Waals surface area contributed by atoms with Crippen molar-refractivity contribution in [3.63, 3.8) is 0 Å². The molecule has 0 radical (unpaired) electrons. The van der Waals surface area contributed by atoms with Crippen molar-refractivity contribution in [3.05, 3.63) is 70.6 Å². The number of halogens is 1. The van der Waals surface area contributed by atoms with Crippen LogP contribution in [0.3, 0.4) is 0 Å². The van der Waals surface area contributed by atoms with Crippen molar-refractivity contribution < 1.29 is 22.7 Å². The number of hydrogen-bond acceptors (Lipinski definition) is 6. The van der Waals surface area contributed by atoms with Crippen molar-refractivity contribution in [2.24, 2.45) is 4.40 Å². The monoisotopic (exact) mass is 590 g/mol. The number of unbranched alkanes of at least 4 members (excludes halogenated alkanes) is 6. The fraction of sp³-hybridized carbons (Fsp3) is 0.379. The molecule has 0 saturated carbocycles. The summed E-state index contributed by atoms with van der Waals surface area (Å²) in [5, 5.41) is 0.470. The summed E-state index contributed by atoms with van der Waals surface area (Å²) in [7, 11) is -2.48. The van der Waals surface area contributed by atoms with Gasteiger partial charge in [0.1, 0.15) is 0 Å². The third kappa shape index (κ3) is 8.88. The number of carbonyl (C=O) groups is 1. The minimum Gasteiger partial charge on any atom is -0.493 e. The van der Waals surface area contributed by atoms with Crippen LogP contribution in [0, 0.1) is 0 Å². The van der Waals surface area contributed by atoms with Gasteiger partial charge in [0.2, 0.25) is 0 Å². The molecular formula is C29H35ClN2O5S2. The number of methoxy groups -OCH3 is 1. The molecule has 39 heavy (non-hydrogen) atoms. The standard InChI is InChI=1S/C29H35ClN2O5S2/c1-4-6-7-8-9-10-11-19-37-25-17-12-22(20-26(25)36-3)21-27-28(33)32(18-5-2)29(38-27)31-39(34,35)24-15-13-23(30)14-16-24/h5,12-17,20-21H,2,4,6-11,18-19H2,1,3H3. The van der Waals surface area contributed by atoms with Gasteiger partial charge in [-0.2, -0.15) is 8.42 Å². The number of amides is 1. The molecule has 2 aromatic rings. The maximum absolute atomic E-state index is 13.1. The van der Waals surface area contributed by atoms with E-state index in [1.165, 1.54) is 67.3 Å². The normalized spacial score (nSPS) is 15.8. The number of amidine groups is 1. The highest BCUT2D eigenvalue weighted by molar-refractivity contribution is 8.19. The van der Waals surface area contributed by atoms with Crippen LogP contribution in [0.5, 0.6) is 11.5 Å². The van der Waals surface area contributed by atoms with Crippen LogP contribution in [0.2, 0.25) is 5.02 Å². The third-order valence-electron chi connectivity index (χ3n) is 6.00. The topological polar surface area (TPSA) is 85.3 Å². The van der Waals surface area contributed by atoms with Crippen LogP contribution in [-0.4, -0.2) is 44.7 Å². The molecule has 1 fully saturated rings. The Hall–Kier alpha value is -2.75. The highest BCUT2D eigenvalue weighted by atomic mass is 35.5. The van der Waals surface area contributed by atoms with Crippen LogP contribution in [0.15, 0.2) is 69.3 Å². The maximum atomic E-state index is 13.1. The molecule has 1 aliphatic heterocycles. The molecule has 0 unspecified atom stereocenters. The van der Waals surface area contributed by atoms with Crippen molar-refractivity contribution in [1.82, 2.24) is 4.90 Å². The predicted octanol–water partition coefficient (Wildman–Crippen LogP) is 7.33. The van der Waals surface area contributed by atoms with Gasteiger partial charge >= 0.3 is 0 Å². The number of carbonyl (C=O) groups excluding carboxylic acids is 1. The Balaban J connectivity index is 1.72. The molecule has 0 aliphatic carbocycles. The van der Waals surface area contributed by atoms with Crippen molar-refractivity contribution >= 4 is 50.5 Å². The fourth-order valence-corrected chi connectivity index (χ4v) is 6.23. The lowest BCUT2D eigenvalue weighted by Gasteiger charge is -2.12. The second-order valence-corrected chi connectivity index (χ2v) is 12.0. The zero-order valence-corrected chi connectivity index (χ0v) is 24.8. The minimum absolute atomic E-state index is 0.0137. The van der Waals surface area contributed by atoms with Crippen LogP contribution in [-0.2, 0) is 14.8 Å². The van der Waals surface area contributed by atoms with Gasteiger partial charge in [0.05, 0.1) is 23.5 Å². The maximum Gasteiger partial charge on any atom is 0.284 e. The van der Waals surface area contributed by atoms with E-state index < -0.39 is 10.0 Å². The molecular weight excluding hydrogens is 556 g/mol. The molecule has 0 bridgehead atoms. The Morgan fingerprint density at radius 2 is 1.72 bits per heavy atom. The van der Waals surface area contributed by atoms with Crippen molar-refractivity contribution in [2.45, 2.75) is 56.8 Å². The van der Waals surface area contributed by atoms with Crippen LogP contribution < -0.4 is 9.47 Å². The van der Waals surface area contributed by atoms with E-state index in [4.69, 9.17) is 21.1 Å². The minimum atomic E-state index is -4.05.